The van der Waals surface area contributed by atoms with Crippen molar-refractivity contribution >= 4 is 13.8 Å². The van der Waals surface area contributed by atoms with Crippen molar-refractivity contribution in [3.05, 3.63) is 119 Å². The van der Waals surface area contributed by atoms with Gasteiger partial charge in [-0.25, -0.2) is 9.36 Å². The number of allylic oxidation sites excluding steroid dienone is 1. The predicted molar refractivity (Wildman–Crippen MR) is 133 cm³/mol. The molecule has 0 unspecified atom stereocenters. The summed E-state index contributed by atoms with van der Waals surface area (Å²) in [6.45, 7) is 7.49. The number of esters is 1. The molecule has 180 valence electrons. The van der Waals surface area contributed by atoms with Gasteiger partial charge in [0.15, 0.2) is 0 Å². The number of ether oxygens (including phenoxy) is 1. The minimum absolute atomic E-state index is 0.301. The van der Waals surface area contributed by atoms with E-state index in [9.17, 15) is 4.79 Å². The third-order valence-electron chi connectivity index (χ3n) is 4.84. The molecule has 6 nitrogen and oxygen atoms in total. The van der Waals surface area contributed by atoms with Crippen LogP contribution in [0.4, 0.5) is 0 Å². The van der Waals surface area contributed by atoms with Gasteiger partial charge in [0.25, 0.3) is 0 Å². The second-order valence-corrected chi connectivity index (χ2v) is 9.78. The number of phosphoric acid groups is 1. The molecule has 0 saturated heterocycles. The van der Waals surface area contributed by atoms with Gasteiger partial charge in [0, 0.05) is 5.57 Å². The van der Waals surface area contributed by atoms with Crippen LogP contribution in [0.1, 0.15) is 44.4 Å². The number of carbonyl (C=O) groups is 1. The molecule has 3 aromatic carbocycles. The fraction of sp³-hybridized carbons (Fsp3) is 0.222. The van der Waals surface area contributed by atoms with E-state index in [1.54, 1.807) is 0 Å². The lowest BCUT2D eigenvalue weighted by atomic mass is 9.68. The average Bonchev–Trinajstić information content (AvgIpc) is 2.77. The van der Waals surface area contributed by atoms with Crippen LogP contribution in [-0.4, -0.2) is 26.3 Å². The molecule has 0 atom stereocenters. The highest BCUT2D eigenvalue weighted by molar-refractivity contribution is 7.45. The minimum Gasteiger partial charge on any atom is -0.457 e. The van der Waals surface area contributed by atoms with Gasteiger partial charge in [-0.2, -0.15) is 0 Å². The molecule has 7 heteroatoms. The molecule has 0 spiro atoms. The standard InChI is InChI=1S/C27H28O2.H3O4P/c1-21(25(28)29-26(2,3)4)20-27(22-14-8-5-9-15-22,23-16-10-6-11-17-23)24-18-12-7-13-19-24;1-5(2,3)4/h5-20H,1-4H3;(H3,1,2,3,4). The third kappa shape index (κ3) is 8.08. The summed E-state index contributed by atoms with van der Waals surface area (Å²) in [6, 6.07) is 30.9. The van der Waals surface area contributed by atoms with Crippen LogP contribution in [0, 0.1) is 0 Å². The van der Waals surface area contributed by atoms with Crippen molar-refractivity contribution in [2.75, 3.05) is 0 Å². The van der Waals surface area contributed by atoms with Gasteiger partial charge in [-0.15, -0.1) is 0 Å². The van der Waals surface area contributed by atoms with Crippen molar-refractivity contribution in [3.63, 3.8) is 0 Å². The summed E-state index contributed by atoms with van der Waals surface area (Å²) in [5, 5.41) is 0. The Morgan fingerprint density at radius 3 is 1.29 bits per heavy atom. The molecule has 0 amide bonds. The molecule has 0 bridgehead atoms. The molecule has 0 aliphatic rings. The summed E-state index contributed by atoms with van der Waals surface area (Å²) in [5.74, 6) is -0.301. The van der Waals surface area contributed by atoms with Crippen molar-refractivity contribution in [1.82, 2.24) is 0 Å². The highest BCUT2D eigenvalue weighted by atomic mass is 31.2. The van der Waals surface area contributed by atoms with Gasteiger partial charge >= 0.3 is 13.8 Å². The van der Waals surface area contributed by atoms with Crippen molar-refractivity contribution in [2.45, 2.75) is 38.7 Å². The quantitative estimate of drug-likeness (QED) is 0.195. The zero-order chi connectivity index (χ0) is 25.4. The van der Waals surface area contributed by atoms with Crippen molar-refractivity contribution in [3.8, 4) is 0 Å². The fourth-order valence-corrected chi connectivity index (χ4v) is 3.60. The molecule has 0 radical (unpaired) electrons. The van der Waals surface area contributed by atoms with Crippen LogP contribution in [0.5, 0.6) is 0 Å². The van der Waals surface area contributed by atoms with E-state index in [1.807, 2.05) is 88.4 Å². The maximum atomic E-state index is 12.8. The van der Waals surface area contributed by atoms with E-state index in [0.29, 0.717) is 5.57 Å². The lowest BCUT2D eigenvalue weighted by molar-refractivity contribution is -0.149. The summed E-state index contributed by atoms with van der Waals surface area (Å²) in [6.07, 6.45) is 2.04. The van der Waals surface area contributed by atoms with Gasteiger partial charge in [0.1, 0.15) is 5.60 Å². The molecular formula is C27H31O6P. The lowest BCUT2D eigenvalue weighted by Crippen LogP contribution is -2.30. The first-order chi connectivity index (χ1) is 15.8. The Morgan fingerprint density at radius 2 is 1.03 bits per heavy atom. The molecule has 0 heterocycles. The topological polar surface area (TPSA) is 104 Å². The number of carbonyl (C=O) groups excluding carboxylic acids is 1. The van der Waals surface area contributed by atoms with Gasteiger partial charge in [0.05, 0.1) is 5.41 Å². The van der Waals surface area contributed by atoms with Crippen LogP contribution in [0.25, 0.3) is 0 Å². The van der Waals surface area contributed by atoms with Crippen molar-refractivity contribution < 1.29 is 28.8 Å². The Hall–Kier alpha value is -3.02. The largest absolute Gasteiger partial charge is 0.466 e. The van der Waals surface area contributed by atoms with E-state index < -0.39 is 18.8 Å². The van der Waals surface area contributed by atoms with E-state index in [4.69, 9.17) is 24.0 Å². The lowest BCUT2D eigenvalue weighted by Gasteiger charge is -2.34. The smallest absolute Gasteiger partial charge is 0.457 e. The summed E-state index contributed by atoms with van der Waals surface area (Å²) in [7, 11) is -4.64. The Labute approximate surface area is 200 Å². The highest BCUT2D eigenvalue weighted by Gasteiger charge is 2.35. The molecular weight excluding hydrogens is 451 g/mol. The van der Waals surface area contributed by atoms with E-state index in [2.05, 4.69) is 36.4 Å². The number of benzene rings is 3. The maximum Gasteiger partial charge on any atom is 0.466 e. The molecule has 0 aliphatic heterocycles. The van der Waals surface area contributed by atoms with Gasteiger partial charge in [-0.05, 0) is 44.4 Å². The third-order valence-corrected chi connectivity index (χ3v) is 4.84. The molecule has 3 N–H and O–H groups in total. The number of hydrogen-bond acceptors (Lipinski definition) is 3. The van der Waals surface area contributed by atoms with Gasteiger partial charge in [-0.3, -0.25) is 0 Å². The first-order valence-electron chi connectivity index (χ1n) is 10.7. The van der Waals surface area contributed by atoms with Crippen molar-refractivity contribution in [2.24, 2.45) is 0 Å². The summed E-state index contributed by atoms with van der Waals surface area (Å²) in [5.41, 5.74) is 2.73. The SMILES string of the molecule is CC(=CC(c1ccccc1)(c1ccccc1)c1ccccc1)C(=O)OC(C)(C)C.O=P(O)(O)O. The predicted octanol–water partition coefficient (Wildman–Crippen LogP) is 5.38. The average molecular weight is 483 g/mol. The van der Waals surface area contributed by atoms with Gasteiger partial charge < -0.3 is 19.4 Å². The normalized spacial score (nSPS) is 12.4. The van der Waals surface area contributed by atoms with E-state index >= 15 is 0 Å². The molecule has 0 aromatic heterocycles. The fourth-order valence-electron chi connectivity index (χ4n) is 3.60. The van der Waals surface area contributed by atoms with E-state index in [1.165, 1.54) is 0 Å². The zero-order valence-corrected chi connectivity index (χ0v) is 20.6. The minimum atomic E-state index is -4.64. The van der Waals surface area contributed by atoms with Crippen LogP contribution in [-0.2, 0) is 19.5 Å². The Bertz CT molecular complexity index is 1030. The monoisotopic (exact) mass is 482 g/mol. The van der Waals surface area contributed by atoms with Crippen LogP contribution in [0.2, 0.25) is 0 Å². The van der Waals surface area contributed by atoms with Crippen LogP contribution >= 0.6 is 7.82 Å². The molecule has 0 aliphatic carbocycles. The molecule has 3 aromatic rings. The first-order valence-corrected chi connectivity index (χ1v) is 12.3. The highest BCUT2D eigenvalue weighted by Crippen LogP contribution is 2.41. The molecule has 0 fully saturated rings. The Kier molecular flexibility index (Phi) is 9.14. The molecule has 34 heavy (non-hydrogen) atoms. The Morgan fingerprint density at radius 1 is 0.735 bits per heavy atom. The molecule has 3 rings (SSSR count). The summed E-state index contributed by atoms with van der Waals surface area (Å²) >= 11 is 0. The van der Waals surface area contributed by atoms with E-state index in [0.717, 1.165) is 16.7 Å². The Balaban J connectivity index is 0.000000739. The zero-order valence-electron chi connectivity index (χ0n) is 19.8. The van der Waals surface area contributed by atoms with Crippen LogP contribution in [0.3, 0.4) is 0 Å². The van der Waals surface area contributed by atoms with Gasteiger partial charge in [0.2, 0.25) is 0 Å². The second kappa shape index (κ2) is 11.4. The number of hydrogen-bond donors (Lipinski definition) is 3. The maximum absolute atomic E-state index is 12.8. The number of rotatable bonds is 5. The van der Waals surface area contributed by atoms with E-state index in [-0.39, 0.29) is 5.97 Å². The second-order valence-electron chi connectivity index (χ2n) is 8.75. The first kappa shape index (κ1) is 27.2. The van der Waals surface area contributed by atoms with Crippen LogP contribution in [0.15, 0.2) is 103 Å². The van der Waals surface area contributed by atoms with Gasteiger partial charge in [-0.1, -0.05) is 97.1 Å². The van der Waals surface area contributed by atoms with Crippen molar-refractivity contribution in [1.29, 1.82) is 0 Å². The molecule has 0 saturated carbocycles. The summed E-state index contributed by atoms with van der Waals surface area (Å²) < 4.78 is 14.5. The van der Waals surface area contributed by atoms with Crippen LogP contribution < -0.4 is 0 Å². The summed E-state index contributed by atoms with van der Waals surface area (Å²) in [4.78, 5) is 34.4.